The summed E-state index contributed by atoms with van der Waals surface area (Å²) in [7, 11) is 1.63. The number of benzene rings is 2. The van der Waals surface area contributed by atoms with Crippen molar-refractivity contribution < 1.29 is 19.2 Å². The summed E-state index contributed by atoms with van der Waals surface area (Å²) >= 11 is 0. The van der Waals surface area contributed by atoms with Crippen LogP contribution in [-0.2, 0) is 4.79 Å². The molecule has 0 atom stereocenters. The van der Waals surface area contributed by atoms with Crippen molar-refractivity contribution in [2.75, 3.05) is 23.9 Å². The molecule has 3 rings (SSSR count). The van der Waals surface area contributed by atoms with Gasteiger partial charge in [-0.1, -0.05) is 0 Å². The van der Waals surface area contributed by atoms with Gasteiger partial charge in [0.05, 0.1) is 10.6 Å². The van der Waals surface area contributed by atoms with Crippen LogP contribution in [0, 0.1) is 10.1 Å². The van der Waals surface area contributed by atoms with Crippen molar-refractivity contribution in [1.29, 1.82) is 0 Å². The zero-order valence-electron chi connectivity index (χ0n) is 12.7. The predicted molar refractivity (Wildman–Crippen MR) is 86.4 cm³/mol. The topological polar surface area (TPSA) is 102 Å². The third-order valence-electron chi connectivity index (χ3n) is 3.64. The maximum atomic E-state index is 12.2. The molecule has 1 heterocycles. The number of carbonyl (C=O) groups excluding carboxylic acids is 2. The van der Waals surface area contributed by atoms with E-state index in [0.29, 0.717) is 22.7 Å². The minimum absolute atomic E-state index is 0.0159. The third kappa shape index (κ3) is 2.89. The van der Waals surface area contributed by atoms with E-state index in [9.17, 15) is 19.7 Å². The maximum Gasteiger partial charge on any atom is 0.269 e. The van der Waals surface area contributed by atoms with Gasteiger partial charge in [0, 0.05) is 30.4 Å². The smallest absolute Gasteiger partial charge is 0.269 e. The maximum absolute atomic E-state index is 12.2. The molecule has 0 saturated carbocycles. The van der Waals surface area contributed by atoms with Gasteiger partial charge in [0.25, 0.3) is 17.5 Å². The number of nitro benzene ring substituents is 1. The van der Waals surface area contributed by atoms with Crippen molar-refractivity contribution >= 4 is 28.9 Å². The number of amides is 2. The predicted octanol–water partition coefficient (Wildman–Crippen LogP) is 2.20. The highest BCUT2D eigenvalue weighted by Gasteiger charge is 2.22. The Morgan fingerprint density at radius 2 is 1.96 bits per heavy atom. The van der Waals surface area contributed by atoms with Gasteiger partial charge in [0.15, 0.2) is 6.61 Å². The van der Waals surface area contributed by atoms with Gasteiger partial charge in [-0.2, -0.15) is 0 Å². The molecule has 122 valence electrons. The summed E-state index contributed by atoms with van der Waals surface area (Å²) in [6.45, 7) is -0.0159. The second-order valence-corrected chi connectivity index (χ2v) is 5.18. The molecule has 0 bridgehead atoms. The van der Waals surface area contributed by atoms with Crippen LogP contribution in [0.5, 0.6) is 5.75 Å². The molecule has 1 aliphatic heterocycles. The summed E-state index contributed by atoms with van der Waals surface area (Å²) < 4.78 is 5.32. The minimum atomic E-state index is -0.530. The Bertz CT molecular complexity index is 832. The molecule has 2 amide bonds. The Labute approximate surface area is 136 Å². The van der Waals surface area contributed by atoms with Crippen LogP contribution in [0.25, 0.3) is 0 Å². The first kappa shape index (κ1) is 15.5. The van der Waals surface area contributed by atoms with Gasteiger partial charge in [-0.25, -0.2) is 0 Å². The fraction of sp³-hybridized carbons (Fsp3) is 0.125. The van der Waals surface area contributed by atoms with Crippen LogP contribution in [0.15, 0.2) is 42.5 Å². The van der Waals surface area contributed by atoms with Crippen LogP contribution in [0.4, 0.5) is 17.1 Å². The summed E-state index contributed by atoms with van der Waals surface area (Å²) in [5.41, 5.74) is 1.26. The van der Waals surface area contributed by atoms with Crippen molar-refractivity contribution in [3.63, 3.8) is 0 Å². The van der Waals surface area contributed by atoms with Crippen molar-refractivity contribution in [2.45, 2.75) is 0 Å². The van der Waals surface area contributed by atoms with Gasteiger partial charge in [0.2, 0.25) is 0 Å². The van der Waals surface area contributed by atoms with Gasteiger partial charge in [-0.05, 0) is 30.3 Å². The zero-order valence-corrected chi connectivity index (χ0v) is 12.7. The lowest BCUT2D eigenvalue weighted by atomic mass is 10.1. The average Bonchev–Trinajstić information content (AvgIpc) is 2.58. The molecule has 0 fully saturated rings. The second kappa shape index (κ2) is 5.99. The van der Waals surface area contributed by atoms with Crippen LogP contribution in [0.3, 0.4) is 0 Å². The van der Waals surface area contributed by atoms with E-state index in [0.717, 1.165) is 0 Å². The number of nitrogens with one attached hydrogen (secondary N) is 1. The highest BCUT2D eigenvalue weighted by atomic mass is 16.6. The van der Waals surface area contributed by atoms with Gasteiger partial charge in [0.1, 0.15) is 5.75 Å². The van der Waals surface area contributed by atoms with Crippen LogP contribution < -0.4 is 15.0 Å². The van der Waals surface area contributed by atoms with Crippen LogP contribution in [-0.4, -0.2) is 30.4 Å². The first-order valence-corrected chi connectivity index (χ1v) is 7.05. The van der Waals surface area contributed by atoms with E-state index in [1.54, 1.807) is 25.2 Å². The Hall–Kier alpha value is -3.42. The molecular weight excluding hydrogens is 314 g/mol. The standard InChI is InChI=1S/C16H13N3O5/c1-18-13-8-11(4-7-14(13)24-9-15(18)20)17-16(21)10-2-5-12(6-3-10)19(22)23/h2-8H,9H2,1H3,(H,17,21). The van der Waals surface area contributed by atoms with Crippen LogP contribution in [0.2, 0.25) is 0 Å². The lowest BCUT2D eigenvalue weighted by molar-refractivity contribution is -0.384. The number of hydrogen-bond donors (Lipinski definition) is 1. The Morgan fingerprint density at radius 3 is 2.62 bits per heavy atom. The Balaban J connectivity index is 1.80. The molecule has 0 unspecified atom stereocenters. The van der Waals surface area contributed by atoms with Gasteiger partial charge >= 0.3 is 0 Å². The molecule has 2 aromatic rings. The summed E-state index contributed by atoms with van der Waals surface area (Å²) in [6, 6.07) is 10.3. The number of nitrogens with zero attached hydrogens (tertiary/aromatic N) is 2. The van der Waals surface area contributed by atoms with Gasteiger partial charge < -0.3 is 15.0 Å². The number of likely N-dealkylation sites (N-methyl/N-ethyl adjacent to an activating group) is 1. The molecule has 1 aliphatic rings. The van der Waals surface area contributed by atoms with E-state index in [1.165, 1.54) is 29.2 Å². The molecular formula is C16H13N3O5. The largest absolute Gasteiger partial charge is 0.482 e. The van der Waals surface area contributed by atoms with Gasteiger partial charge in [-0.3, -0.25) is 19.7 Å². The molecule has 24 heavy (non-hydrogen) atoms. The van der Waals surface area contributed by atoms with Crippen LogP contribution >= 0.6 is 0 Å². The molecule has 0 saturated heterocycles. The summed E-state index contributed by atoms with van der Waals surface area (Å²) in [5.74, 6) is -0.0256. The van der Waals surface area contributed by atoms with E-state index in [4.69, 9.17) is 4.74 Å². The second-order valence-electron chi connectivity index (χ2n) is 5.18. The Morgan fingerprint density at radius 1 is 1.25 bits per heavy atom. The number of rotatable bonds is 3. The number of fused-ring (bicyclic) bond motifs is 1. The molecule has 8 nitrogen and oxygen atoms in total. The SMILES string of the molecule is CN1C(=O)COc2ccc(NC(=O)c3ccc([N+](=O)[O-])cc3)cc21. The van der Waals surface area contributed by atoms with Crippen molar-refractivity contribution in [1.82, 2.24) is 0 Å². The van der Waals surface area contributed by atoms with E-state index >= 15 is 0 Å². The first-order valence-electron chi connectivity index (χ1n) is 7.05. The number of anilines is 2. The highest BCUT2D eigenvalue weighted by Crippen LogP contribution is 2.33. The molecule has 1 N–H and O–H groups in total. The number of nitro groups is 1. The van der Waals surface area contributed by atoms with Crippen molar-refractivity contribution in [3.8, 4) is 5.75 Å². The summed E-state index contributed by atoms with van der Waals surface area (Å²) in [5, 5.41) is 13.3. The normalized spacial score (nSPS) is 13.0. The number of hydrogen-bond acceptors (Lipinski definition) is 5. The third-order valence-corrected chi connectivity index (χ3v) is 3.64. The fourth-order valence-electron chi connectivity index (χ4n) is 2.29. The van der Waals surface area contributed by atoms with E-state index in [2.05, 4.69) is 5.32 Å². The average molecular weight is 327 g/mol. The van der Waals surface area contributed by atoms with Crippen molar-refractivity contribution in [3.05, 3.63) is 58.1 Å². The summed E-state index contributed by atoms with van der Waals surface area (Å²) in [6.07, 6.45) is 0. The first-order chi connectivity index (χ1) is 11.5. The van der Waals surface area contributed by atoms with E-state index in [1.807, 2.05) is 0 Å². The quantitative estimate of drug-likeness (QED) is 0.688. The van der Waals surface area contributed by atoms with E-state index in [-0.39, 0.29) is 18.2 Å². The fourth-order valence-corrected chi connectivity index (χ4v) is 2.29. The lowest BCUT2D eigenvalue weighted by Gasteiger charge is -2.26. The van der Waals surface area contributed by atoms with Crippen LogP contribution in [0.1, 0.15) is 10.4 Å². The highest BCUT2D eigenvalue weighted by molar-refractivity contribution is 6.05. The number of carbonyl (C=O) groups is 2. The monoisotopic (exact) mass is 327 g/mol. The molecule has 8 heteroatoms. The van der Waals surface area contributed by atoms with E-state index < -0.39 is 10.8 Å². The van der Waals surface area contributed by atoms with Gasteiger partial charge in [-0.15, -0.1) is 0 Å². The number of non-ortho nitro benzene ring substituents is 1. The van der Waals surface area contributed by atoms with Crippen molar-refractivity contribution in [2.24, 2.45) is 0 Å². The number of ether oxygens (including phenoxy) is 1. The molecule has 0 radical (unpaired) electrons. The molecule has 2 aromatic carbocycles. The molecule has 0 spiro atoms. The minimum Gasteiger partial charge on any atom is -0.482 e. The lowest BCUT2D eigenvalue weighted by Crippen LogP contribution is -2.35. The summed E-state index contributed by atoms with van der Waals surface area (Å²) in [4.78, 5) is 35.4. The zero-order chi connectivity index (χ0) is 17.3. The molecule has 0 aliphatic carbocycles. The molecule has 0 aromatic heterocycles. The Kier molecular flexibility index (Phi) is 3.87.